The third kappa shape index (κ3) is 8.95. The molecule has 12 rings (SSSR count). The van der Waals surface area contributed by atoms with Gasteiger partial charge in [-0.05, 0) is 124 Å². The van der Waals surface area contributed by atoms with Crippen molar-refractivity contribution in [3.05, 3.63) is 107 Å². The van der Waals surface area contributed by atoms with Gasteiger partial charge in [-0.25, -0.2) is 0 Å². The largest absolute Gasteiger partial charge is 0.381 e. The maximum atomic E-state index is 12.5. The molecule has 368 valence electrons. The number of hydrogen-bond acceptors (Lipinski definition) is 10. The normalized spacial score (nSPS) is 21.6. The van der Waals surface area contributed by atoms with Crippen molar-refractivity contribution in [2.75, 3.05) is 80.3 Å². The topological polar surface area (TPSA) is 115 Å². The number of rotatable bonds is 8. The van der Waals surface area contributed by atoms with Crippen molar-refractivity contribution in [3.8, 4) is 28.6 Å². The smallest absolute Gasteiger partial charge is 0.219 e. The van der Waals surface area contributed by atoms with Gasteiger partial charge in [0.2, 0.25) is 5.91 Å². The van der Waals surface area contributed by atoms with Crippen LogP contribution in [0.15, 0.2) is 85.3 Å². The van der Waals surface area contributed by atoms with E-state index in [1.54, 1.807) is 6.92 Å². The Bertz CT molecular complexity index is 2950. The predicted octanol–water partition coefficient (Wildman–Crippen LogP) is 9.93. The van der Waals surface area contributed by atoms with Crippen molar-refractivity contribution in [1.82, 2.24) is 34.3 Å². The van der Waals surface area contributed by atoms with Gasteiger partial charge in [-0.1, -0.05) is 29.8 Å². The highest BCUT2D eigenvalue weighted by atomic mass is 35.5. The van der Waals surface area contributed by atoms with E-state index in [4.69, 9.17) is 31.5 Å². The lowest BCUT2D eigenvalue weighted by atomic mass is 9.76. The number of likely N-dealkylation sites (tertiary alicyclic amines) is 1. The number of fused-ring (bicyclic) bond motifs is 2. The van der Waals surface area contributed by atoms with Crippen LogP contribution in [0.1, 0.15) is 101 Å². The molecule has 5 fully saturated rings. The summed E-state index contributed by atoms with van der Waals surface area (Å²) < 4.78 is 10.2. The highest BCUT2D eigenvalue weighted by Crippen LogP contribution is 2.46. The van der Waals surface area contributed by atoms with Gasteiger partial charge in [-0.2, -0.15) is 15.5 Å². The minimum absolute atomic E-state index is 0.106. The van der Waals surface area contributed by atoms with E-state index < -0.39 is 0 Å². The van der Waals surface area contributed by atoms with Crippen molar-refractivity contribution >= 4 is 45.3 Å². The van der Waals surface area contributed by atoms with E-state index in [9.17, 15) is 10.1 Å². The Hall–Kier alpha value is -5.94. The molecule has 1 spiro atoms. The Morgan fingerprint density at radius 2 is 1.54 bits per heavy atom. The molecule has 3 aromatic carbocycles. The minimum atomic E-state index is 0.106. The first-order valence-corrected chi connectivity index (χ1v) is 26.7. The van der Waals surface area contributed by atoms with E-state index in [2.05, 4.69) is 103 Å². The molecule has 1 amide bonds. The Labute approximate surface area is 422 Å². The lowest BCUT2D eigenvalue weighted by molar-refractivity contribution is -0.129. The zero-order chi connectivity index (χ0) is 48.2. The maximum absolute atomic E-state index is 12.5. The van der Waals surface area contributed by atoms with Crippen LogP contribution in [0, 0.1) is 16.7 Å². The van der Waals surface area contributed by atoms with E-state index in [1.807, 2.05) is 29.4 Å². The van der Waals surface area contributed by atoms with Gasteiger partial charge in [0, 0.05) is 155 Å². The number of pyridine rings is 1. The molecule has 5 saturated heterocycles. The zero-order valence-electron chi connectivity index (χ0n) is 41.4. The lowest BCUT2D eigenvalue weighted by Crippen LogP contribution is -2.48. The number of anilines is 3. The second-order valence-corrected chi connectivity index (χ2v) is 21.9. The first-order chi connectivity index (χ1) is 34.7. The maximum Gasteiger partial charge on any atom is 0.219 e. The summed E-state index contributed by atoms with van der Waals surface area (Å²) in [6.07, 6.45) is 17.1. The number of nitriles is 1. The Morgan fingerprint density at radius 1 is 0.817 bits per heavy atom. The van der Waals surface area contributed by atoms with E-state index in [0.717, 1.165) is 142 Å². The molecule has 9 heterocycles. The van der Waals surface area contributed by atoms with Crippen LogP contribution in [0.5, 0.6) is 0 Å². The summed E-state index contributed by atoms with van der Waals surface area (Å²) in [7, 11) is 0. The number of benzene rings is 3. The van der Waals surface area contributed by atoms with Gasteiger partial charge in [-0.15, -0.1) is 0 Å². The number of carbonyl (C=O) groups excluding carboxylic acids is 1. The van der Waals surface area contributed by atoms with E-state index in [1.165, 1.54) is 49.2 Å². The van der Waals surface area contributed by atoms with Crippen LogP contribution in [-0.4, -0.2) is 118 Å². The fourth-order valence-electron chi connectivity index (χ4n) is 13.3. The number of carbonyl (C=O) groups is 1. The van der Waals surface area contributed by atoms with Crippen molar-refractivity contribution in [1.29, 1.82) is 5.26 Å². The zero-order valence-corrected chi connectivity index (χ0v) is 42.1. The van der Waals surface area contributed by atoms with Crippen molar-refractivity contribution in [2.24, 2.45) is 5.41 Å². The number of amides is 1. The second kappa shape index (κ2) is 19.2. The summed E-state index contributed by atoms with van der Waals surface area (Å²) in [6, 6.07) is 27.9. The molecule has 0 N–H and O–H groups in total. The van der Waals surface area contributed by atoms with Crippen LogP contribution in [0.4, 0.5) is 17.1 Å². The minimum Gasteiger partial charge on any atom is -0.381 e. The summed E-state index contributed by atoms with van der Waals surface area (Å²) in [5.74, 6) is 0.106. The molecule has 0 unspecified atom stereocenters. The van der Waals surface area contributed by atoms with Gasteiger partial charge in [0.25, 0.3) is 0 Å². The first-order valence-electron chi connectivity index (χ1n) is 26.4. The van der Waals surface area contributed by atoms with Crippen LogP contribution in [0.25, 0.3) is 33.3 Å². The van der Waals surface area contributed by atoms with Crippen LogP contribution in [-0.2, 0) is 22.5 Å². The second-order valence-electron chi connectivity index (χ2n) is 21.5. The average molecular weight is 973 g/mol. The number of nitrogens with zero attached hydrogens (tertiary/aromatic N) is 11. The van der Waals surface area contributed by atoms with Crippen LogP contribution in [0.3, 0.4) is 0 Å². The van der Waals surface area contributed by atoms with Crippen molar-refractivity contribution in [2.45, 2.75) is 109 Å². The van der Waals surface area contributed by atoms with Gasteiger partial charge >= 0.3 is 0 Å². The fraction of sp³-hybridized carbons (Fsp3) is 0.491. The lowest BCUT2D eigenvalue weighted by Gasteiger charge is -2.42. The molecular formula is C57H66ClN11O2. The van der Waals surface area contributed by atoms with Gasteiger partial charge in [-0.3, -0.25) is 19.1 Å². The molecule has 0 radical (unpaired) electrons. The Balaban J connectivity index is 0.635. The molecule has 3 aromatic heterocycles. The number of piperidine rings is 3. The molecule has 14 heteroatoms. The fourth-order valence-corrected chi connectivity index (χ4v) is 13.5. The van der Waals surface area contributed by atoms with Crippen LogP contribution >= 0.6 is 11.6 Å². The molecule has 6 aliphatic rings. The monoisotopic (exact) mass is 972 g/mol. The van der Waals surface area contributed by atoms with Gasteiger partial charge in [0.05, 0.1) is 40.3 Å². The SMILES string of the molecule is CC(=O)N1CCc2c(c(-c3cccc4cc(-c5cnn(C6CCN(C7CCN(c8ccc(N9CCC%10(CC9)C[C@H](C)N(c9ccc(C#N)c(Cl)c9)C%10)cc8)CC7)CC6)c5)ncc34)nn2C2CCOCC2)C1. The third-order valence-electron chi connectivity index (χ3n) is 17.4. The van der Waals surface area contributed by atoms with E-state index in [-0.39, 0.29) is 5.91 Å². The van der Waals surface area contributed by atoms with Crippen molar-refractivity contribution in [3.63, 3.8) is 0 Å². The van der Waals surface area contributed by atoms with Gasteiger partial charge in [0.15, 0.2) is 0 Å². The van der Waals surface area contributed by atoms with Crippen LogP contribution in [0.2, 0.25) is 5.02 Å². The molecule has 13 nitrogen and oxygen atoms in total. The first kappa shape index (κ1) is 46.2. The quantitative estimate of drug-likeness (QED) is 0.146. The molecule has 0 saturated carbocycles. The third-order valence-corrected chi connectivity index (χ3v) is 17.7. The summed E-state index contributed by atoms with van der Waals surface area (Å²) in [5.41, 5.74) is 11.1. The van der Waals surface area contributed by atoms with Gasteiger partial charge < -0.3 is 29.2 Å². The summed E-state index contributed by atoms with van der Waals surface area (Å²) >= 11 is 6.43. The molecule has 1 atom stereocenters. The van der Waals surface area contributed by atoms with Crippen molar-refractivity contribution < 1.29 is 9.53 Å². The Morgan fingerprint density at radius 3 is 2.25 bits per heavy atom. The average Bonchev–Trinajstić information content (AvgIpc) is 4.15. The molecular weight excluding hydrogens is 906 g/mol. The molecule has 71 heavy (non-hydrogen) atoms. The van der Waals surface area contributed by atoms with Gasteiger partial charge in [0.1, 0.15) is 6.07 Å². The molecule has 6 aliphatic heterocycles. The summed E-state index contributed by atoms with van der Waals surface area (Å²) in [4.78, 5) is 30.0. The number of aromatic nitrogens is 5. The Kier molecular flexibility index (Phi) is 12.5. The predicted molar refractivity (Wildman–Crippen MR) is 281 cm³/mol. The molecule has 0 bridgehead atoms. The molecule has 6 aromatic rings. The number of hydrogen-bond donors (Lipinski definition) is 0. The summed E-state index contributed by atoms with van der Waals surface area (Å²) in [6.45, 7) is 14.4. The molecule has 0 aliphatic carbocycles. The highest BCUT2D eigenvalue weighted by molar-refractivity contribution is 6.32. The standard InChI is InChI=1S/C57H66ClN11O2/c1-39-32-57(38-67(39)49-7-6-42(33-59)53(58)31-49)19-26-65(27-20-57)45-10-8-44(9-11-45)63-21-12-46(13-22-63)64-23-14-47(15-24-64)68-36-43(34-61-68)54-30-41-4-3-5-50(51(41)35-60-54)56-52-37-66(40(2)70)25-16-55(52)69(62-56)48-17-28-71-29-18-48/h3-11,30-31,34-36,39,46-48H,12-29,32,37-38H2,1-2H3/t39-/m0/s1. The number of halogens is 1. The summed E-state index contributed by atoms with van der Waals surface area (Å²) in [5, 5.41) is 22.3. The van der Waals surface area contributed by atoms with E-state index >= 15 is 0 Å². The number of ether oxygens (including phenoxy) is 1. The van der Waals surface area contributed by atoms with Crippen LogP contribution < -0.4 is 14.7 Å². The highest BCUT2D eigenvalue weighted by Gasteiger charge is 2.44. The van der Waals surface area contributed by atoms with E-state index in [0.29, 0.717) is 46.7 Å².